The predicted molar refractivity (Wildman–Crippen MR) is 78.3 cm³/mol. The summed E-state index contributed by atoms with van der Waals surface area (Å²) >= 11 is 0. The van der Waals surface area contributed by atoms with Gasteiger partial charge in [0.15, 0.2) is 0 Å². The van der Waals surface area contributed by atoms with E-state index in [2.05, 4.69) is 57.3 Å². The molecule has 102 valence electrons. The first-order valence-corrected chi connectivity index (χ1v) is 7.16. The van der Waals surface area contributed by atoms with E-state index in [0.29, 0.717) is 6.04 Å². The van der Waals surface area contributed by atoms with Gasteiger partial charge in [-0.15, -0.1) is 0 Å². The van der Waals surface area contributed by atoms with Gasteiger partial charge in [-0.25, -0.2) is 0 Å². The number of ether oxygens (including phenoxy) is 1. The lowest BCUT2D eigenvalue weighted by Crippen LogP contribution is -2.38. The van der Waals surface area contributed by atoms with Gasteiger partial charge in [0.25, 0.3) is 0 Å². The molecule has 0 heterocycles. The molecule has 2 heteroatoms. The Hall–Kier alpha value is -1.02. The molecule has 2 nitrogen and oxygen atoms in total. The van der Waals surface area contributed by atoms with Crippen molar-refractivity contribution in [3.05, 3.63) is 29.8 Å². The quantitative estimate of drug-likeness (QED) is 0.756. The lowest BCUT2D eigenvalue weighted by molar-refractivity contribution is 0.179. The smallest absolute Gasteiger partial charge is 0.119 e. The molecule has 18 heavy (non-hydrogen) atoms. The highest BCUT2D eigenvalue weighted by Gasteiger charge is 2.12. The fourth-order valence-electron chi connectivity index (χ4n) is 1.92. The van der Waals surface area contributed by atoms with Crippen LogP contribution in [0.25, 0.3) is 0 Å². The van der Waals surface area contributed by atoms with Crippen LogP contribution in [0.3, 0.4) is 0 Å². The van der Waals surface area contributed by atoms with Crippen LogP contribution >= 0.6 is 0 Å². The number of likely N-dealkylation sites (N-methyl/N-ethyl adjacent to an activating group) is 1. The third-order valence-electron chi connectivity index (χ3n) is 3.29. The number of hydrogen-bond donors (Lipinski definition) is 1. The first-order valence-electron chi connectivity index (χ1n) is 7.16. The second-order valence-corrected chi connectivity index (χ2v) is 4.92. The molecule has 2 unspecified atom stereocenters. The highest BCUT2D eigenvalue weighted by atomic mass is 16.5. The molecule has 0 aliphatic heterocycles. The summed E-state index contributed by atoms with van der Waals surface area (Å²) in [5.41, 5.74) is 1.40. The normalized spacial score (nSPS) is 14.2. The summed E-state index contributed by atoms with van der Waals surface area (Å²) in [4.78, 5) is 0. The molecule has 0 spiro atoms. The number of nitrogens with one attached hydrogen (secondary N) is 1. The molecule has 1 aromatic carbocycles. The minimum Gasteiger partial charge on any atom is -0.489 e. The Morgan fingerprint density at radius 3 is 2.33 bits per heavy atom. The van der Waals surface area contributed by atoms with Crippen LogP contribution in [0.15, 0.2) is 24.3 Å². The molecule has 0 bridgehead atoms. The van der Waals surface area contributed by atoms with Gasteiger partial charge in [0.2, 0.25) is 0 Å². The van der Waals surface area contributed by atoms with E-state index in [1.165, 1.54) is 24.8 Å². The maximum absolute atomic E-state index is 5.93. The van der Waals surface area contributed by atoms with Crippen molar-refractivity contribution in [2.45, 2.75) is 59.1 Å². The zero-order valence-corrected chi connectivity index (χ0v) is 12.2. The van der Waals surface area contributed by atoms with Crippen molar-refractivity contribution in [1.82, 2.24) is 5.32 Å². The van der Waals surface area contributed by atoms with Gasteiger partial charge in [0, 0.05) is 6.04 Å². The molecule has 0 fully saturated rings. The van der Waals surface area contributed by atoms with E-state index in [4.69, 9.17) is 4.74 Å². The van der Waals surface area contributed by atoms with Gasteiger partial charge in [-0.2, -0.15) is 0 Å². The maximum atomic E-state index is 5.93. The fraction of sp³-hybridized carbons (Fsp3) is 0.625. The Morgan fingerprint density at radius 2 is 1.78 bits per heavy atom. The molecule has 0 saturated heterocycles. The standard InChI is InChI=1S/C16H27NO/c1-5-7-8-15-9-11-16(12-10-15)18-14(4)13(3)17-6-2/h9-14,17H,5-8H2,1-4H3. The summed E-state index contributed by atoms with van der Waals surface area (Å²) in [5.74, 6) is 0.965. The molecule has 0 radical (unpaired) electrons. The minimum atomic E-state index is 0.187. The Kier molecular flexibility index (Phi) is 6.81. The van der Waals surface area contributed by atoms with E-state index in [0.717, 1.165) is 12.3 Å². The van der Waals surface area contributed by atoms with Gasteiger partial charge >= 0.3 is 0 Å². The van der Waals surface area contributed by atoms with Crippen LogP contribution in [0.5, 0.6) is 5.75 Å². The number of benzene rings is 1. The number of rotatable bonds is 8. The van der Waals surface area contributed by atoms with Crippen molar-refractivity contribution in [3.8, 4) is 5.75 Å². The summed E-state index contributed by atoms with van der Waals surface area (Å²) in [6.45, 7) is 9.58. The molecule has 1 aromatic rings. The summed E-state index contributed by atoms with van der Waals surface area (Å²) in [7, 11) is 0. The molecule has 0 aromatic heterocycles. The summed E-state index contributed by atoms with van der Waals surface area (Å²) in [6, 6.07) is 8.89. The Bertz CT molecular complexity index is 320. The maximum Gasteiger partial charge on any atom is 0.119 e. The highest BCUT2D eigenvalue weighted by Crippen LogP contribution is 2.16. The van der Waals surface area contributed by atoms with E-state index in [1.54, 1.807) is 0 Å². The predicted octanol–water partition coefficient (Wildman–Crippen LogP) is 3.79. The zero-order valence-electron chi connectivity index (χ0n) is 12.2. The van der Waals surface area contributed by atoms with E-state index < -0.39 is 0 Å². The van der Waals surface area contributed by atoms with E-state index in [-0.39, 0.29) is 6.10 Å². The average Bonchev–Trinajstić information content (AvgIpc) is 2.38. The largest absolute Gasteiger partial charge is 0.489 e. The molecule has 1 N–H and O–H groups in total. The van der Waals surface area contributed by atoms with Crippen molar-refractivity contribution >= 4 is 0 Å². The molecule has 0 aliphatic carbocycles. The molecular formula is C16H27NO. The van der Waals surface area contributed by atoms with Crippen molar-refractivity contribution in [3.63, 3.8) is 0 Å². The number of hydrogen-bond acceptors (Lipinski definition) is 2. The van der Waals surface area contributed by atoms with Gasteiger partial charge in [-0.05, 0) is 50.9 Å². The van der Waals surface area contributed by atoms with Crippen LogP contribution in [-0.2, 0) is 6.42 Å². The van der Waals surface area contributed by atoms with Gasteiger partial charge in [-0.3, -0.25) is 0 Å². The number of unbranched alkanes of at least 4 members (excludes halogenated alkanes) is 1. The molecule has 0 amide bonds. The number of aryl methyl sites for hydroxylation is 1. The second kappa shape index (κ2) is 8.15. The Morgan fingerprint density at radius 1 is 1.11 bits per heavy atom. The van der Waals surface area contributed by atoms with Crippen LogP contribution in [0, 0.1) is 0 Å². The molecular weight excluding hydrogens is 222 g/mol. The fourth-order valence-corrected chi connectivity index (χ4v) is 1.92. The highest BCUT2D eigenvalue weighted by molar-refractivity contribution is 5.27. The Balaban J connectivity index is 2.47. The second-order valence-electron chi connectivity index (χ2n) is 4.92. The summed E-state index contributed by atoms with van der Waals surface area (Å²) < 4.78 is 5.93. The first-order chi connectivity index (χ1) is 8.67. The van der Waals surface area contributed by atoms with Gasteiger partial charge < -0.3 is 10.1 Å². The van der Waals surface area contributed by atoms with Crippen LogP contribution in [0.1, 0.15) is 46.1 Å². The van der Waals surface area contributed by atoms with Crippen molar-refractivity contribution in [2.24, 2.45) is 0 Å². The molecule has 2 atom stereocenters. The van der Waals surface area contributed by atoms with Gasteiger partial charge in [0.05, 0.1) is 0 Å². The minimum absolute atomic E-state index is 0.187. The van der Waals surface area contributed by atoms with Gasteiger partial charge in [0.1, 0.15) is 11.9 Å². The van der Waals surface area contributed by atoms with Crippen LogP contribution in [0.2, 0.25) is 0 Å². The van der Waals surface area contributed by atoms with Crippen LogP contribution in [0.4, 0.5) is 0 Å². The summed E-state index contributed by atoms with van der Waals surface area (Å²) in [5, 5.41) is 3.38. The lowest BCUT2D eigenvalue weighted by atomic mass is 10.1. The Labute approximate surface area is 112 Å². The van der Waals surface area contributed by atoms with Crippen LogP contribution in [-0.4, -0.2) is 18.7 Å². The van der Waals surface area contributed by atoms with Gasteiger partial charge in [-0.1, -0.05) is 32.4 Å². The van der Waals surface area contributed by atoms with Crippen molar-refractivity contribution in [1.29, 1.82) is 0 Å². The zero-order chi connectivity index (χ0) is 13.4. The topological polar surface area (TPSA) is 21.3 Å². The lowest BCUT2D eigenvalue weighted by Gasteiger charge is -2.22. The van der Waals surface area contributed by atoms with Crippen LogP contribution < -0.4 is 10.1 Å². The van der Waals surface area contributed by atoms with E-state index in [1.807, 2.05) is 0 Å². The summed E-state index contributed by atoms with van der Waals surface area (Å²) in [6.07, 6.45) is 3.86. The molecule has 0 aliphatic rings. The SMILES string of the molecule is CCCCc1ccc(OC(C)C(C)NCC)cc1. The average molecular weight is 249 g/mol. The third-order valence-corrected chi connectivity index (χ3v) is 3.29. The molecule has 0 saturated carbocycles. The molecule has 1 rings (SSSR count). The third kappa shape index (κ3) is 5.09. The van der Waals surface area contributed by atoms with Crippen molar-refractivity contribution < 1.29 is 4.74 Å². The van der Waals surface area contributed by atoms with Crippen molar-refractivity contribution in [2.75, 3.05) is 6.54 Å². The van der Waals surface area contributed by atoms with E-state index in [9.17, 15) is 0 Å². The van der Waals surface area contributed by atoms with E-state index >= 15 is 0 Å². The first kappa shape index (κ1) is 15.0. The monoisotopic (exact) mass is 249 g/mol.